The number of anilines is 1. The topological polar surface area (TPSA) is 50.7 Å². The van der Waals surface area contributed by atoms with Crippen LogP contribution in [0.4, 0.5) is 5.69 Å². The summed E-state index contributed by atoms with van der Waals surface area (Å²) in [5.74, 6) is 0.499. The minimum Gasteiger partial charge on any atom is -0.399 e. The van der Waals surface area contributed by atoms with Gasteiger partial charge in [-0.15, -0.1) is 0 Å². The molecule has 0 saturated carbocycles. The Bertz CT molecular complexity index is 376. The van der Waals surface area contributed by atoms with Gasteiger partial charge in [0.1, 0.15) is 0 Å². The molecule has 0 bridgehead atoms. The summed E-state index contributed by atoms with van der Waals surface area (Å²) in [4.78, 5) is 0. The van der Waals surface area contributed by atoms with Crippen molar-refractivity contribution >= 4 is 5.69 Å². The maximum absolute atomic E-state index is 5.73. The van der Waals surface area contributed by atoms with E-state index in [2.05, 4.69) is 30.1 Å². The molecule has 1 aliphatic heterocycles. The lowest BCUT2D eigenvalue weighted by molar-refractivity contribution is 0.406. The van der Waals surface area contributed by atoms with Crippen LogP contribution in [0.15, 0.2) is 34.5 Å². The Morgan fingerprint density at radius 2 is 2.07 bits per heavy atom. The zero-order chi connectivity index (χ0) is 10.9. The van der Waals surface area contributed by atoms with Crippen molar-refractivity contribution < 1.29 is 0 Å². The lowest BCUT2D eigenvalue weighted by Gasteiger charge is -2.14. The van der Waals surface area contributed by atoms with Crippen LogP contribution in [0.3, 0.4) is 0 Å². The molecule has 80 valence electrons. The highest BCUT2D eigenvalue weighted by Crippen LogP contribution is 2.40. The summed E-state index contributed by atoms with van der Waals surface area (Å²) in [6.45, 7) is 4.33. The molecule has 2 rings (SSSR count). The van der Waals surface area contributed by atoms with Crippen molar-refractivity contribution in [3.63, 3.8) is 0 Å². The first-order valence-electron chi connectivity index (χ1n) is 5.41. The van der Waals surface area contributed by atoms with Gasteiger partial charge in [-0.3, -0.25) is 0 Å². The zero-order valence-electron chi connectivity index (χ0n) is 9.27. The Labute approximate surface area is 90.4 Å². The molecule has 3 nitrogen and oxygen atoms in total. The van der Waals surface area contributed by atoms with Crippen molar-refractivity contribution in [2.45, 2.75) is 32.4 Å². The molecule has 1 heterocycles. The number of nitrogens with two attached hydrogens (primary N) is 1. The molecule has 0 aromatic heterocycles. The average Bonchev–Trinajstić information content (AvgIpc) is 2.96. The number of benzene rings is 1. The summed E-state index contributed by atoms with van der Waals surface area (Å²) < 4.78 is 0. The van der Waals surface area contributed by atoms with Gasteiger partial charge in [-0.2, -0.15) is 10.2 Å². The summed E-state index contributed by atoms with van der Waals surface area (Å²) in [6, 6.07) is 8.03. The molecule has 0 saturated heterocycles. The van der Waals surface area contributed by atoms with Crippen LogP contribution in [0.25, 0.3) is 0 Å². The molecular weight excluding hydrogens is 186 g/mol. The van der Waals surface area contributed by atoms with Gasteiger partial charge in [0.05, 0.1) is 0 Å². The SMILES string of the molecule is CC(C)C1(CCc2cccc(N)c2)N=N1. The fraction of sp³-hybridized carbons (Fsp3) is 0.500. The molecule has 0 spiro atoms. The number of hydrogen-bond acceptors (Lipinski definition) is 3. The van der Waals surface area contributed by atoms with Crippen LogP contribution in [0.2, 0.25) is 0 Å². The minimum atomic E-state index is -0.0927. The van der Waals surface area contributed by atoms with Crippen LogP contribution in [-0.4, -0.2) is 5.66 Å². The van der Waals surface area contributed by atoms with Gasteiger partial charge in [-0.05, 0) is 24.1 Å². The van der Waals surface area contributed by atoms with Crippen LogP contribution in [-0.2, 0) is 6.42 Å². The van der Waals surface area contributed by atoms with Gasteiger partial charge in [0.2, 0.25) is 0 Å². The van der Waals surface area contributed by atoms with E-state index < -0.39 is 0 Å². The Morgan fingerprint density at radius 3 is 2.60 bits per heavy atom. The largest absolute Gasteiger partial charge is 0.399 e. The molecule has 1 aromatic rings. The Balaban J connectivity index is 1.94. The predicted octanol–water partition coefficient (Wildman–Crippen LogP) is 3.02. The summed E-state index contributed by atoms with van der Waals surface area (Å²) >= 11 is 0. The number of hydrogen-bond donors (Lipinski definition) is 1. The monoisotopic (exact) mass is 203 g/mol. The number of nitrogens with zero attached hydrogens (tertiary/aromatic N) is 2. The first kappa shape index (κ1) is 10.1. The Morgan fingerprint density at radius 1 is 1.33 bits per heavy atom. The van der Waals surface area contributed by atoms with E-state index in [1.807, 2.05) is 18.2 Å². The number of nitrogen functional groups attached to an aromatic ring is 1. The van der Waals surface area contributed by atoms with Gasteiger partial charge in [0, 0.05) is 18.0 Å². The van der Waals surface area contributed by atoms with Crippen LogP contribution in [0, 0.1) is 5.92 Å². The van der Waals surface area contributed by atoms with E-state index in [1.54, 1.807) is 0 Å². The van der Waals surface area contributed by atoms with Crippen molar-refractivity contribution in [2.75, 3.05) is 5.73 Å². The van der Waals surface area contributed by atoms with Crippen molar-refractivity contribution in [2.24, 2.45) is 16.1 Å². The number of aryl methyl sites for hydroxylation is 1. The second kappa shape index (κ2) is 3.65. The summed E-state index contributed by atoms with van der Waals surface area (Å²) in [5, 5.41) is 8.33. The molecule has 1 aromatic carbocycles. The molecule has 0 aliphatic carbocycles. The third-order valence-electron chi connectivity index (χ3n) is 3.01. The maximum Gasteiger partial charge on any atom is 0.193 e. The normalized spacial score (nSPS) is 17.0. The van der Waals surface area contributed by atoms with Crippen molar-refractivity contribution in [3.05, 3.63) is 29.8 Å². The van der Waals surface area contributed by atoms with E-state index >= 15 is 0 Å². The molecular formula is C12H17N3. The Hall–Kier alpha value is -1.38. The quantitative estimate of drug-likeness (QED) is 0.751. The first-order chi connectivity index (χ1) is 7.12. The fourth-order valence-electron chi connectivity index (χ4n) is 1.76. The minimum absolute atomic E-state index is 0.0927. The third-order valence-corrected chi connectivity index (χ3v) is 3.01. The van der Waals surface area contributed by atoms with E-state index in [-0.39, 0.29) is 5.66 Å². The predicted molar refractivity (Wildman–Crippen MR) is 61.6 cm³/mol. The highest BCUT2D eigenvalue weighted by atomic mass is 15.4. The van der Waals surface area contributed by atoms with E-state index in [0.29, 0.717) is 5.92 Å². The van der Waals surface area contributed by atoms with Gasteiger partial charge >= 0.3 is 0 Å². The highest BCUT2D eigenvalue weighted by Gasteiger charge is 2.42. The second-order valence-corrected chi connectivity index (χ2v) is 4.48. The van der Waals surface area contributed by atoms with Crippen molar-refractivity contribution in [1.29, 1.82) is 0 Å². The van der Waals surface area contributed by atoms with Crippen molar-refractivity contribution in [3.8, 4) is 0 Å². The van der Waals surface area contributed by atoms with E-state index in [0.717, 1.165) is 18.5 Å². The van der Waals surface area contributed by atoms with Gasteiger partial charge < -0.3 is 5.73 Å². The maximum atomic E-state index is 5.73. The lowest BCUT2D eigenvalue weighted by atomic mass is 9.93. The van der Waals surface area contributed by atoms with Crippen LogP contribution < -0.4 is 5.73 Å². The first-order valence-corrected chi connectivity index (χ1v) is 5.41. The fourth-order valence-corrected chi connectivity index (χ4v) is 1.76. The third kappa shape index (κ3) is 2.17. The van der Waals surface area contributed by atoms with E-state index in [1.165, 1.54) is 5.56 Å². The molecule has 0 amide bonds. The van der Waals surface area contributed by atoms with E-state index in [4.69, 9.17) is 5.73 Å². The van der Waals surface area contributed by atoms with Gasteiger partial charge in [0.25, 0.3) is 0 Å². The smallest absolute Gasteiger partial charge is 0.193 e. The van der Waals surface area contributed by atoms with Crippen LogP contribution in [0.5, 0.6) is 0 Å². The van der Waals surface area contributed by atoms with Crippen LogP contribution >= 0.6 is 0 Å². The van der Waals surface area contributed by atoms with E-state index in [9.17, 15) is 0 Å². The van der Waals surface area contributed by atoms with Crippen LogP contribution in [0.1, 0.15) is 25.8 Å². The summed E-state index contributed by atoms with van der Waals surface area (Å²) in [6.07, 6.45) is 1.99. The molecule has 15 heavy (non-hydrogen) atoms. The summed E-state index contributed by atoms with van der Waals surface area (Å²) in [5.41, 5.74) is 7.73. The van der Waals surface area contributed by atoms with Gasteiger partial charge in [0.15, 0.2) is 5.66 Å². The molecule has 0 atom stereocenters. The second-order valence-electron chi connectivity index (χ2n) is 4.48. The van der Waals surface area contributed by atoms with Gasteiger partial charge in [-0.25, -0.2) is 0 Å². The average molecular weight is 203 g/mol. The molecule has 0 fully saturated rings. The number of rotatable bonds is 4. The zero-order valence-corrected chi connectivity index (χ0v) is 9.27. The highest BCUT2D eigenvalue weighted by molar-refractivity contribution is 5.40. The molecule has 1 aliphatic rings. The van der Waals surface area contributed by atoms with Gasteiger partial charge in [-0.1, -0.05) is 26.0 Å². The summed E-state index contributed by atoms with van der Waals surface area (Å²) in [7, 11) is 0. The Kier molecular flexibility index (Phi) is 2.47. The standard InChI is InChI=1S/C12H17N3/c1-9(2)12(14-15-12)7-6-10-4-3-5-11(13)8-10/h3-5,8-9H,6-7,13H2,1-2H3. The van der Waals surface area contributed by atoms with Crippen molar-refractivity contribution in [1.82, 2.24) is 0 Å². The molecule has 3 heteroatoms. The molecule has 2 N–H and O–H groups in total. The lowest BCUT2D eigenvalue weighted by Crippen LogP contribution is -2.19. The molecule has 0 unspecified atom stereocenters. The molecule has 0 radical (unpaired) electrons.